The van der Waals surface area contributed by atoms with E-state index in [1.54, 1.807) is 0 Å². The summed E-state index contributed by atoms with van der Waals surface area (Å²) in [6, 6.07) is 14.9. The van der Waals surface area contributed by atoms with Gasteiger partial charge in [0.05, 0.1) is 11.3 Å². The van der Waals surface area contributed by atoms with E-state index in [4.69, 9.17) is 9.47 Å². The predicted molar refractivity (Wildman–Crippen MR) is 100.0 cm³/mol. The molecule has 3 rings (SSSR count). The number of likely N-dealkylation sites (N-methyl/N-ethyl adjacent to an activating group) is 1. The van der Waals surface area contributed by atoms with Crippen molar-refractivity contribution in [2.45, 2.75) is 0 Å². The first-order chi connectivity index (χ1) is 12.2. The molecular formula is C18H18BrN3O3. The maximum absolute atomic E-state index is 12.3. The van der Waals surface area contributed by atoms with Gasteiger partial charge in [0.2, 0.25) is 5.90 Å². The summed E-state index contributed by atoms with van der Waals surface area (Å²) in [6.45, 7) is 1.17. The number of para-hydroxylation sites is 2. The van der Waals surface area contributed by atoms with Gasteiger partial charge in [-0.2, -0.15) is 5.01 Å². The van der Waals surface area contributed by atoms with Crippen LogP contribution in [0.4, 0.5) is 5.69 Å². The molecule has 0 saturated heterocycles. The maximum atomic E-state index is 12.3. The zero-order valence-corrected chi connectivity index (χ0v) is 15.3. The molecule has 1 heterocycles. The molecule has 1 aliphatic rings. The van der Waals surface area contributed by atoms with E-state index in [0.717, 1.165) is 11.0 Å². The molecule has 7 heteroatoms. The monoisotopic (exact) mass is 403 g/mol. The Labute approximate surface area is 154 Å². The molecule has 1 amide bonds. The standard InChI is InChI=1S/C18H18BrN3O3/c1-20-10-11-24-16-9-5-2-6-13(16)18-21-22(17(23)12-25-18)15-8-4-3-7-14(15)19/h2-9,20H,10-12H2,1H3. The molecule has 1 aliphatic heterocycles. The van der Waals surface area contributed by atoms with Crippen LogP contribution < -0.4 is 15.1 Å². The Bertz CT molecular complexity index is 795. The van der Waals surface area contributed by atoms with Crippen LogP contribution in [0.5, 0.6) is 5.75 Å². The Kier molecular flexibility index (Phi) is 5.67. The lowest BCUT2D eigenvalue weighted by molar-refractivity contribution is -0.121. The minimum absolute atomic E-state index is 0.0784. The van der Waals surface area contributed by atoms with Crippen molar-refractivity contribution in [3.05, 3.63) is 58.6 Å². The minimum Gasteiger partial charge on any atom is -0.491 e. The number of rotatable bonds is 6. The smallest absolute Gasteiger partial charge is 0.285 e. The van der Waals surface area contributed by atoms with E-state index in [1.165, 1.54) is 5.01 Å². The van der Waals surface area contributed by atoms with E-state index in [0.29, 0.717) is 29.5 Å². The van der Waals surface area contributed by atoms with Crippen molar-refractivity contribution >= 4 is 33.4 Å². The van der Waals surface area contributed by atoms with Crippen molar-refractivity contribution in [1.29, 1.82) is 0 Å². The highest BCUT2D eigenvalue weighted by molar-refractivity contribution is 9.10. The highest BCUT2D eigenvalue weighted by Crippen LogP contribution is 2.29. The average molecular weight is 404 g/mol. The molecule has 1 N–H and O–H groups in total. The summed E-state index contributed by atoms with van der Waals surface area (Å²) in [5.74, 6) is 0.789. The van der Waals surface area contributed by atoms with Crippen molar-refractivity contribution in [3.63, 3.8) is 0 Å². The normalized spacial score (nSPS) is 14.1. The van der Waals surface area contributed by atoms with Crippen molar-refractivity contribution in [1.82, 2.24) is 5.32 Å². The molecule has 0 atom stereocenters. The van der Waals surface area contributed by atoms with Gasteiger partial charge in [-0.3, -0.25) is 4.79 Å². The van der Waals surface area contributed by atoms with Crippen LogP contribution in [-0.4, -0.2) is 38.6 Å². The van der Waals surface area contributed by atoms with Crippen LogP contribution in [0.15, 0.2) is 58.1 Å². The summed E-state index contributed by atoms with van der Waals surface area (Å²) in [6.07, 6.45) is 0. The van der Waals surface area contributed by atoms with Crippen molar-refractivity contribution in [2.75, 3.05) is 31.8 Å². The summed E-state index contributed by atoms with van der Waals surface area (Å²) in [4.78, 5) is 12.3. The van der Waals surface area contributed by atoms with Crippen LogP contribution in [0.2, 0.25) is 0 Å². The molecule has 0 saturated carbocycles. The Balaban J connectivity index is 1.93. The highest BCUT2D eigenvalue weighted by atomic mass is 79.9. The van der Waals surface area contributed by atoms with E-state index in [-0.39, 0.29) is 12.5 Å². The second-order valence-electron chi connectivity index (χ2n) is 5.30. The molecule has 25 heavy (non-hydrogen) atoms. The van der Waals surface area contributed by atoms with Gasteiger partial charge in [-0.05, 0) is 47.2 Å². The molecule has 2 aromatic rings. The third-order valence-corrected chi connectivity index (χ3v) is 4.24. The molecule has 0 fully saturated rings. The third-order valence-electron chi connectivity index (χ3n) is 3.57. The quantitative estimate of drug-likeness (QED) is 0.753. The molecule has 0 unspecified atom stereocenters. The van der Waals surface area contributed by atoms with E-state index < -0.39 is 0 Å². The maximum Gasteiger partial charge on any atom is 0.285 e. The summed E-state index contributed by atoms with van der Waals surface area (Å²) in [7, 11) is 1.87. The van der Waals surface area contributed by atoms with Gasteiger partial charge in [0.25, 0.3) is 5.91 Å². The molecule has 0 aromatic heterocycles. The number of benzene rings is 2. The zero-order chi connectivity index (χ0) is 17.6. The van der Waals surface area contributed by atoms with Gasteiger partial charge >= 0.3 is 0 Å². The number of hydrogen-bond acceptors (Lipinski definition) is 5. The molecule has 0 bridgehead atoms. The third kappa shape index (κ3) is 4.00. The predicted octanol–water partition coefficient (Wildman–Crippen LogP) is 2.77. The number of anilines is 1. The molecule has 6 nitrogen and oxygen atoms in total. The summed E-state index contributed by atoms with van der Waals surface area (Å²) in [5.41, 5.74) is 1.38. The van der Waals surface area contributed by atoms with E-state index >= 15 is 0 Å². The van der Waals surface area contributed by atoms with Crippen LogP contribution in [0.1, 0.15) is 5.56 Å². The molecule has 0 spiro atoms. The number of hydrogen-bond donors (Lipinski definition) is 1. The topological polar surface area (TPSA) is 63.2 Å². The molecule has 0 aliphatic carbocycles. The Morgan fingerprint density at radius 1 is 1.24 bits per heavy atom. The van der Waals surface area contributed by atoms with Crippen molar-refractivity contribution in [2.24, 2.45) is 5.10 Å². The number of halogens is 1. The Morgan fingerprint density at radius 3 is 2.80 bits per heavy atom. The summed E-state index contributed by atoms with van der Waals surface area (Å²) >= 11 is 3.46. The lowest BCUT2D eigenvalue weighted by Crippen LogP contribution is -2.37. The van der Waals surface area contributed by atoms with Crippen LogP contribution in [0, 0.1) is 0 Å². The zero-order valence-electron chi connectivity index (χ0n) is 13.7. The number of nitrogens with zero attached hydrogens (tertiary/aromatic N) is 2. The van der Waals surface area contributed by atoms with Gasteiger partial charge in [0.15, 0.2) is 6.61 Å². The second-order valence-corrected chi connectivity index (χ2v) is 6.15. The first kappa shape index (κ1) is 17.4. The SMILES string of the molecule is CNCCOc1ccccc1C1=NN(c2ccccc2Br)C(=O)CO1. The largest absolute Gasteiger partial charge is 0.491 e. The number of carbonyl (C=O) groups excluding carboxylic acids is 1. The second kappa shape index (κ2) is 8.13. The molecular weight excluding hydrogens is 386 g/mol. The fourth-order valence-corrected chi connectivity index (χ4v) is 2.80. The van der Waals surface area contributed by atoms with Gasteiger partial charge in [0, 0.05) is 11.0 Å². The van der Waals surface area contributed by atoms with Crippen molar-refractivity contribution in [3.8, 4) is 5.75 Å². The lowest BCUT2D eigenvalue weighted by Gasteiger charge is -2.25. The van der Waals surface area contributed by atoms with E-state index in [2.05, 4.69) is 26.3 Å². The van der Waals surface area contributed by atoms with E-state index in [9.17, 15) is 4.79 Å². The number of amides is 1. The fourth-order valence-electron chi connectivity index (χ4n) is 2.34. The average Bonchev–Trinajstić information content (AvgIpc) is 2.64. The molecule has 0 radical (unpaired) electrons. The Hall–Kier alpha value is -2.38. The van der Waals surface area contributed by atoms with Crippen LogP contribution in [-0.2, 0) is 9.53 Å². The number of ether oxygens (including phenoxy) is 2. The first-order valence-electron chi connectivity index (χ1n) is 7.86. The van der Waals surface area contributed by atoms with Crippen LogP contribution >= 0.6 is 15.9 Å². The summed E-state index contributed by atoms with van der Waals surface area (Å²) in [5, 5.41) is 8.79. The van der Waals surface area contributed by atoms with Crippen LogP contribution in [0.3, 0.4) is 0 Å². The van der Waals surface area contributed by atoms with Gasteiger partial charge in [-0.15, -0.1) is 5.10 Å². The Morgan fingerprint density at radius 2 is 2.00 bits per heavy atom. The number of carbonyl (C=O) groups is 1. The molecule has 130 valence electrons. The minimum atomic E-state index is -0.232. The number of hydrazone groups is 1. The van der Waals surface area contributed by atoms with E-state index in [1.807, 2.05) is 55.6 Å². The van der Waals surface area contributed by atoms with Gasteiger partial charge < -0.3 is 14.8 Å². The summed E-state index contributed by atoms with van der Waals surface area (Å²) < 4.78 is 12.1. The van der Waals surface area contributed by atoms with Gasteiger partial charge in [-0.1, -0.05) is 24.3 Å². The first-order valence-corrected chi connectivity index (χ1v) is 8.65. The molecule has 2 aromatic carbocycles. The number of nitrogens with one attached hydrogen (secondary N) is 1. The lowest BCUT2D eigenvalue weighted by atomic mass is 10.2. The highest BCUT2D eigenvalue weighted by Gasteiger charge is 2.26. The fraction of sp³-hybridized carbons (Fsp3) is 0.222. The van der Waals surface area contributed by atoms with Gasteiger partial charge in [0.1, 0.15) is 12.4 Å². The van der Waals surface area contributed by atoms with Crippen molar-refractivity contribution < 1.29 is 14.3 Å². The van der Waals surface area contributed by atoms with Gasteiger partial charge in [-0.25, -0.2) is 0 Å². The van der Waals surface area contributed by atoms with Crippen LogP contribution in [0.25, 0.3) is 0 Å².